The zero-order chi connectivity index (χ0) is 11.1. The SMILES string of the molecule is NC(=O)C1=C2N=CN=C3N=CC=C(C=C1)N32. The van der Waals surface area contributed by atoms with Crippen LogP contribution >= 0.6 is 0 Å². The summed E-state index contributed by atoms with van der Waals surface area (Å²) in [6.07, 6.45) is 8.27. The molecule has 16 heavy (non-hydrogen) atoms. The molecule has 0 fully saturated rings. The Labute approximate surface area is 90.9 Å². The number of aliphatic imine (C=N–C) groups is 3. The Morgan fingerprint density at radius 3 is 3.00 bits per heavy atom. The summed E-state index contributed by atoms with van der Waals surface area (Å²) in [4.78, 5) is 25.1. The van der Waals surface area contributed by atoms with Gasteiger partial charge in [-0.3, -0.25) is 9.69 Å². The first-order valence-electron chi connectivity index (χ1n) is 4.64. The van der Waals surface area contributed by atoms with Crippen molar-refractivity contribution >= 4 is 24.4 Å². The topological polar surface area (TPSA) is 83.4 Å². The van der Waals surface area contributed by atoms with Gasteiger partial charge in [-0.05, 0) is 18.2 Å². The average molecular weight is 213 g/mol. The van der Waals surface area contributed by atoms with E-state index in [9.17, 15) is 4.79 Å². The van der Waals surface area contributed by atoms with Crippen molar-refractivity contribution < 1.29 is 4.79 Å². The molecule has 6 nitrogen and oxygen atoms in total. The number of hydrogen-bond donors (Lipinski definition) is 1. The first kappa shape index (κ1) is 8.78. The van der Waals surface area contributed by atoms with Crippen molar-refractivity contribution in [2.75, 3.05) is 0 Å². The summed E-state index contributed by atoms with van der Waals surface area (Å²) in [6, 6.07) is 0. The Bertz CT molecular complexity index is 554. The third-order valence-corrected chi connectivity index (χ3v) is 2.39. The van der Waals surface area contributed by atoms with Crippen LogP contribution in [-0.2, 0) is 4.79 Å². The summed E-state index contributed by atoms with van der Waals surface area (Å²) in [5, 5.41) is 0. The van der Waals surface area contributed by atoms with Crippen LogP contribution in [-0.4, -0.2) is 29.3 Å². The molecule has 3 heterocycles. The number of amides is 1. The Hall–Kier alpha value is -2.50. The second-order valence-corrected chi connectivity index (χ2v) is 3.31. The predicted molar refractivity (Wildman–Crippen MR) is 59.7 cm³/mol. The maximum absolute atomic E-state index is 11.2. The van der Waals surface area contributed by atoms with Crippen LogP contribution in [0.4, 0.5) is 0 Å². The monoisotopic (exact) mass is 213 g/mol. The van der Waals surface area contributed by atoms with Gasteiger partial charge in [0.15, 0.2) is 5.82 Å². The highest BCUT2D eigenvalue weighted by molar-refractivity contribution is 6.04. The fourth-order valence-corrected chi connectivity index (χ4v) is 1.68. The normalized spacial score (nSPS) is 20.6. The van der Waals surface area contributed by atoms with E-state index in [2.05, 4.69) is 15.0 Å². The largest absolute Gasteiger partial charge is 0.365 e. The summed E-state index contributed by atoms with van der Waals surface area (Å²) in [5.74, 6) is 0.451. The molecule has 0 saturated heterocycles. The summed E-state index contributed by atoms with van der Waals surface area (Å²) < 4.78 is 0. The van der Waals surface area contributed by atoms with Gasteiger partial charge in [-0.2, -0.15) is 0 Å². The molecular weight excluding hydrogens is 206 g/mol. The molecule has 0 aliphatic carbocycles. The highest BCUT2D eigenvalue weighted by atomic mass is 16.1. The van der Waals surface area contributed by atoms with E-state index in [0.717, 1.165) is 5.70 Å². The first-order chi connectivity index (χ1) is 7.77. The molecule has 1 amide bonds. The molecule has 2 N–H and O–H groups in total. The van der Waals surface area contributed by atoms with E-state index in [1.165, 1.54) is 6.34 Å². The number of hydrogen-bond acceptors (Lipinski definition) is 5. The van der Waals surface area contributed by atoms with Crippen molar-refractivity contribution in [3.05, 3.63) is 35.3 Å². The molecule has 6 heteroatoms. The quantitative estimate of drug-likeness (QED) is 0.660. The number of guanidine groups is 1. The van der Waals surface area contributed by atoms with E-state index in [-0.39, 0.29) is 0 Å². The van der Waals surface area contributed by atoms with Crippen molar-refractivity contribution in [1.29, 1.82) is 0 Å². The van der Waals surface area contributed by atoms with Crippen molar-refractivity contribution in [2.45, 2.75) is 0 Å². The number of carbonyl (C=O) groups excluding carboxylic acids is 1. The van der Waals surface area contributed by atoms with Crippen LogP contribution in [0.3, 0.4) is 0 Å². The first-order valence-corrected chi connectivity index (χ1v) is 4.64. The van der Waals surface area contributed by atoms with Crippen LogP contribution in [0.1, 0.15) is 0 Å². The lowest BCUT2D eigenvalue weighted by Crippen LogP contribution is -2.35. The van der Waals surface area contributed by atoms with E-state index < -0.39 is 5.91 Å². The predicted octanol–water partition coefficient (Wildman–Crippen LogP) is -0.0787. The molecule has 3 aliphatic heterocycles. The average Bonchev–Trinajstić information content (AvgIpc) is 2.30. The standard InChI is InChI=1S/C10H7N5O/c11-8(16)7-2-1-6-3-4-12-10-14-5-13-9(7)15(6)10/h1-5H,(H2,11,16). The molecule has 0 spiro atoms. The van der Waals surface area contributed by atoms with Crippen molar-refractivity contribution in [3.63, 3.8) is 0 Å². The third kappa shape index (κ3) is 1.07. The number of carbonyl (C=O) groups is 1. The Balaban J connectivity index is 2.23. The zero-order valence-electron chi connectivity index (χ0n) is 8.16. The Morgan fingerprint density at radius 2 is 2.19 bits per heavy atom. The summed E-state index contributed by atoms with van der Waals surface area (Å²) in [7, 11) is 0. The summed E-state index contributed by atoms with van der Waals surface area (Å²) in [5.41, 5.74) is 6.50. The van der Waals surface area contributed by atoms with Gasteiger partial charge in [0.2, 0.25) is 5.96 Å². The van der Waals surface area contributed by atoms with Gasteiger partial charge >= 0.3 is 0 Å². The van der Waals surface area contributed by atoms with Crippen LogP contribution in [0.25, 0.3) is 0 Å². The van der Waals surface area contributed by atoms with Gasteiger partial charge in [-0.15, -0.1) is 0 Å². The van der Waals surface area contributed by atoms with Gasteiger partial charge in [0, 0.05) is 6.21 Å². The summed E-state index contributed by atoms with van der Waals surface area (Å²) in [6.45, 7) is 0. The number of nitrogens with two attached hydrogens (primary N) is 1. The summed E-state index contributed by atoms with van der Waals surface area (Å²) >= 11 is 0. The molecule has 0 saturated carbocycles. The van der Waals surface area contributed by atoms with Gasteiger partial charge in [0.25, 0.3) is 5.91 Å². The molecule has 0 bridgehead atoms. The number of rotatable bonds is 1. The van der Waals surface area contributed by atoms with E-state index in [1.807, 2.05) is 6.08 Å². The number of nitrogens with zero attached hydrogens (tertiary/aromatic N) is 4. The van der Waals surface area contributed by atoms with E-state index in [0.29, 0.717) is 17.4 Å². The molecule has 0 aromatic carbocycles. The lowest BCUT2D eigenvalue weighted by atomic mass is 10.1. The molecule has 0 aromatic heterocycles. The number of allylic oxidation sites excluding steroid dienone is 2. The molecule has 0 radical (unpaired) electrons. The smallest absolute Gasteiger partial charge is 0.252 e. The number of primary amides is 1. The van der Waals surface area contributed by atoms with Crippen molar-refractivity contribution in [3.8, 4) is 0 Å². The van der Waals surface area contributed by atoms with E-state index >= 15 is 0 Å². The van der Waals surface area contributed by atoms with E-state index in [1.54, 1.807) is 23.3 Å². The Morgan fingerprint density at radius 1 is 1.31 bits per heavy atom. The molecule has 0 aromatic rings. The van der Waals surface area contributed by atoms with Gasteiger partial charge in [0.1, 0.15) is 6.34 Å². The van der Waals surface area contributed by atoms with Crippen molar-refractivity contribution in [1.82, 2.24) is 4.90 Å². The van der Waals surface area contributed by atoms with Crippen LogP contribution in [0.5, 0.6) is 0 Å². The van der Waals surface area contributed by atoms with E-state index in [4.69, 9.17) is 5.73 Å². The minimum Gasteiger partial charge on any atom is -0.365 e. The second-order valence-electron chi connectivity index (χ2n) is 3.31. The van der Waals surface area contributed by atoms with Gasteiger partial charge < -0.3 is 5.73 Å². The van der Waals surface area contributed by atoms with Crippen LogP contribution in [0, 0.1) is 0 Å². The Kier molecular flexibility index (Phi) is 1.64. The fourth-order valence-electron chi connectivity index (χ4n) is 1.68. The minimum atomic E-state index is -0.516. The maximum Gasteiger partial charge on any atom is 0.252 e. The molecule has 78 valence electrons. The molecule has 3 rings (SSSR count). The molecule has 3 aliphatic rings. The van der Waals surface area contributed by atoms with Gasteiger partial charge in [-0.25, -0.2) is 15.0 Å². The van der Waals surface area contributed by atoms with Gasteiger partial charge in [-0.1, -0.05) is 0 Å². The fraction of sp³-hybridized carbons (Fsp3) is 0. The highest BCUT2D eigenvalue weighted by Crippen LogP contribution is 2.28. The zero-order valence-corrected chi connectivity index (χ0v) is 8.16. The molecule has 0 atom stereocenters. The van der Waals surface area contributed by atoms with Crippen LogP contribution < -0.4 is 5.73 Å². The minimum absolute atomic E-state index is 0.359. The van der Waals surface area contributed by atoms with Gasteiger partial charge in [0.05, 0.1) is 11.3 Å². The molecular formula is C10H7N5O. The maximum atomic E-state index is 11.2. The lowest BCUT2D eigenvalue weighted by molar-refractivity contribution is -0.114. The van der Waals surface area contributed by atoms with Crippen LogP contribution in [0.2, 0.25) is 0 Å². The molecule has 0 unspecified atom stereocenters. The van der Waals surface area contributed by atoms with Crippen molar-refractivity contribution in [2.24, 2.45) is 20.7 Å². The van der Waals surface area contributed by atoms with Crippen LogP contribution in [0.15, 0.2) is 50.3 Å². The second kappa shape index (κ2) is 2.99. The lowest BCUT2D eigenvalue weighted by Gasteiger charge is -2.31. The highest BCUT2D eigenvalue weighted by Gasteiger charge is 2.29. The third-order valence-electron chi connectivity index (χ3n) is 2.39.